The van der Waals surface area contributed by atoms with Gasteiger partial charge in [-0.25, -0.2) is 4.79 Å². The van der Waals surface area contributed by atoms with Crippen LogP contribution in [0.5, 0.6) is 5.75 Å². The van der Waals surface area contributed by atoms with Crippen molar-refractivity contribution in [1.29, 1.82) is 0 Å². The van der Waals surface area contributed by atoms with Gasteiger partial charge in [-0.2, -0.15) is 0 Å². The number of nitrogens with zero attached hydrogens (tertiary/aromatic N) is 1. The molecule has 0 aliphatic carbocycles. The second kappa shape index (κ2) is 6.95. The van der Waals surface area contributed by atoms with Crippen molar-refractivity contribution >= 4 is 16.9 Å². The number of carbonyl (C=O) groups is 1. The van der Waals surface area contributed by atoms with Crippen LogP contribution < -0.4 is 15.7 Å². The average molecular weight is 324 g/mol. The van der Waals surface area contributed by atoms with Gasteiger partial charge in [0.2, 0.25) is 0 Å². The lowest BCUT2D eigenvalue weighted by molar-refractivity contribution is 0.0952. The van der Waals surface area contributed by atoms with E-state index >= 15 is 0 Å². The zero-order valence-corrected chi connectivity index (χ0v) is 13.1. The Kier molecular flexibility index (Phi) is 4.56. The lowest BCUT2D eigenvalue weighted by atomic mass is 10.1. The lowest BCUT2D eigenvalue weighted by Gasteiger charge is -2.08. The molecule has 1 amide bonds. The molecule has 3 aromatic rings. The molecule has 3 rings (SSSR count). The number of hydrogen-bond acceptors (Lipinski definition) is 5. The van der Waals surface area contributed by atoms with Crippen LogP contribution in [0, 0.1) is 0 Å². The van der Waals surface area contributed by atoms with Gasteiger partial charge in [0.05, 0.1) is 12.2 Å². The molecule has 6 nitrogen and oxygen atoms in total. The number of carbonyl (C=O) groups excluding carboxylic acids is 1. The van der Waals surface area contributed by atoms with Crippen LogP contribution >= 0.6 is 0 Å². The molecule has 1 N–H and O–H groups in total. The molecule has 0 radical (unpaired) electrons. The maximum atomic E-state index is 12.5. The zero-order valence-electron chi connectivity index (χ0n) is 13.1. The smallest absolute Gasteiger partial charge is 0.337 e. The number of nitrogens with one attached hydrogen (secondary N) is 1. The number of benzene rings is 1. The molecule has 0 aliphatic heterocycles. The fourth-order valence-electron chi connectivity index (χ4n) is 2.37. The van der Waals surface area contributed by atoms with E-state index in [9.17, 15) is 9.59 Å². The van der Waals surface area contributed by atoms with E-state index in [1.807, 2.05) is 19.1 Å². The summed E-state index contributed by atoms with van der Waals surface area (Å²) in [4.78, 5) is 28.1. The fourth-order valence-corrected chi connectivity index (χ4v) is 2.37. The van der Waals surface area contributed by atoms with Crippen LogP contribution in [0.15, 0.2) is 58.0 Å². The number of amides is 1. The highest BCUT2D eigenvalue weighted by Crippen LogP contribution is 2.22. The first-order valence-corrected chi connectivity index (χ1v) is 7.55. The molecule has 0 atom stereocenters. The molecular weight excluding hydrogens is 308 g/mol. The van der Waals surface area contributed by atoms with E-state index in [0.29, 0.717) is 29.9 Å². The van der Waals surface area contributed by atoms with Crippen LogP contribution in [0.25, 0.3) is 11.0 Å². The van der Waals surface area contributed by atoms with Crippen LogP contribution in [0.1, 0.15) is 22.8 Å². The molecule has 0 unspecified atom stereocenters. The summed E-state index contributed by atoms with van der Waals surface area (Å²) in [6, 6.07) is 9.89. The summed E-state index contributed by atoms with van der Waals surface area (Å²) in [6.45, 7) is 2.71. The minimum atomic E-state index is -0.579. The monoisotopic (exact) mass is 324 g/mol. The van der Waals surface area contributed by atoms with E-state index in [0.717, 1.165) is 5.56 Å². The second-order valence-corrected chi connectivity index (χ2v) is 5.11. The van der Waals surface area contributed by atoms with Crippen LogP contribution in [-0.4, -0.2) is 17.5 Å². The van der Waals surface area contributed by atoms with Crippen molar-refractivity contribution in [3.8, 4) is 5.75 Å². The first-order chi connectivity index (χ1) is 11.7. The van der Waals surface area contributed by atoms with Crippen molar-refractivity contribution in [3.05, 3.63) is 70.3 Å². The Morgan fingerprint density at radius 3 is 2.75 bits per heavy atom. The molecule has 0 saturated heterocycles. The molecule has 0 bridgehead atoms. The van der Waals surface area contributed by atoms with Crippen molar-refractivity contribution in [2.45, 2.75) is 13.5 Å². The van der Waals surface area contributed by atoms with Crippen LogP contribution in [0.3, 0.4) is 0 Å². The Labute approximate surface area is 138 Å². The minimum Gasteiger partial charge on any atom is -0.494 e. The summed E-state index contributed by atoms with van der Waals surface area (Å²) in [5.41, 5.74) is 0.940. The highest BCUT2D eigenvalue weighted by atomic mass is 16.5. The first kappa shape index (κ1) is 15.7. The highest BCUT2D eigenvalue weighted by Gasteiger charge is 2.13. The third-order valence-electron chi connectivity index (χ3n) is 3.47. The standard InChI is InChI=1S/C18H16N2O4/c1-2-23-13-3-4-14-15(10-17(21)24-16(14)9-13)18(22)20-11-12-5-7-19-8-6-12/h3-10H,2,11H2,1H3,(H,20,22). The molecule has 0 saturated carbocycles. The average Bonchev–Trinajstić information content (AvgIpc) is 2.60. The fraction of sp³-hybridized carbons (Fsp3) is 0.167. The van der Waals surface area contributed by atoms with E-state index in [1.54, 1.807) is 30.6 Å². The van der Waals surface area contributed by atoms with Crippen molar-refractivity contribution in [3.63, 3.8) is 0 Å². The maximum absolute atomic E-state index is 12.5. The second-order valence-electron chi connectivity index (χ2n) is 5.11. The summed E-state index contributed by atoms with van der Waals surface area (Å²) in [7, 11) is 0. The van der Waals surface area contributed by atoms with Crippen molar-refractivity contribution in [2.75, 3.05) is 6.61 Å². The van der Waals surface area contributed by atoms with Gasteiger partial charge in [-0.05, 0) is 36.8 Å². The predicted octanol–water partition coefficient (Wildman–Crippen LogP) is 2.52. The Morgan fingerprint density at radius 2 is 2.00 bits per heavy atom. The molecule has 0 fully saturated rings. The number of pyridine rings is 1. The lowest BCUT2D eigenvalue weighted by Crippen LogP contribution is -2.24. The van der Waals surface area contributed by atoms with Gasteiger partial charge in [-0.3, -0.25) is 9.78 Å². The van der Waals surface area contributed by atoms with Gasteiger partial charge >= 0.3 is 5.63 Å². The maximum Gasteiger partial charge on any atom is 0.337 e. The van der Waals surface area contributed by atoms with Gasteiger partial charge < -0.3 is 14.5 Å². The number of rotatable bonds is 5. The third-order valence-corrected chi connectivity index (χ3v) is 3.47. The van der Waals surface area contributed by atoms with Gasteiger partial charge in [-0.15, -0.1) is 0 Å². The number of ether oxygens (including phenoxy) is 1. The highest BCUT2D eigenvalue weighted by molar-refractivity contribution is 6.05. The first-order valence-electron chi connectivity index (χ1n) is 7.55. The molecule has 2 aromatic heterocycles. The van der Waals surface area contributed by atoms with E-state index in [4.69, 9.17) is 9.15 Å². The van der Waals surface area contributed by atoms with Crippen molar-refractivity contribution < 1.29 is 13.9 Å². The van der Waals surface area contributed by atoms with Crippen LogP contribution in [-0.2, 0) is 6.54 Å². The Morgan fingerprint density at radius 1 is 1.21 bits per heavy atom. The van der Waals surface area contributed by atoms with Crippen molar-refractivity contribution in [1.82, 2.24) is 10.3 Å². The van der Waals surface area contributed by atoms with E-state index in [2.05, 4.69) is 10.3 Å². The quantitative estimate of drug-likeness (QED) is 0.729. The molecule has 122 valence electrons. The Bertz CT molecular complexity index is 919. The molecule has 0 spiro atoms. The Hall–Kier alpha value is -3.15. The topological polar surface area (TPSA) is 81.4 Å². The van der Waals surface area contributed by atoms with Gasteiger partial charge in [0.15, 0.2) is 0 Å². The molecule has 0 aliphatic rings. The molecule has 6 heteroatoms. The SMILES string of the molecule is CCOc1ccc2c(C(=O)NCc3ccncc3)cc(=O)oc2c1. The van der Waals surface area contributed by atoms with Crippen molar-refractivity contribution in [2.24, 2.45) is 0 Å². The van der Waals surface area contributed by atoms with Crippen LogP contribution in [0.2, 0.25) is 0 Å². The van der Waals surface area contributed by atoms with Gasteiger partial charge in [0, 0.05) is 36.5 Å². The molecule has 24 heavy (non-hydrogen) atoms. The largest absolute Gasteiger partial charge is 0.494 e. The minimum absolute atomic E-state index is 0.276. The normalized spacial score (nSPS) is 10.5. The van der Waals surface area contributed by atoms with Gasteiger partial charge in [-0.1, -0.05) is 0 Å². The zero-order chi connectivity index (χ0) is 16.9. The molecular formula is C18H16N2O4. The summed E-state index contributed by atoms with van der Waals surface area (Å²) in [6.07, 6.45) is 3.31. The molecule has 1 aromatic carbocycles. The summed E-state index contributed by atoms with van der Waals surface area (Å²) < 4.78 is 10.6. The predicted molar refractivity (Wildman–Crippen MR) is 89.1 cm³/mol. The van der Waals surface area contributed by atoms with Gasteiger partial charge in [0.25, 0.3) is 5.91 Å². The van der Waals surface area contributed by atoms with Gasteiger partial charge in [0.1, 0.15) is 11.3 Å². The summed E-state index contributed by atoms with van der Waals surface area (Å²) in [5.74, 6) is 0.247. The Balaban J connectivity index is 1.90. The number of hydrogen-bond donors (Lipinski definition) is 1. The number of aromatic nitrogens is 1. The number of fused-ring (bicyclic) bond motifs is 1. The summed E-state index contributed by atoms with van der Waals surface area (Å²) in [5, 5.41) is 3.36. The molecule has 2 heterocycles. The summed E-state index contributed by atoms with van der Waals surface area (Å²) >= 11 is 0. The van der Waals surface area contributed by atoms with Crippen LogP contribution in [0.4, 0.5) is 0 Å². The van der Waals surface area contributed by atoms with E-state index < -0.39 is 5.63 Å². The van der Waals surface area contributed by atoms with E-state index in [1.165, 1.54) is 6.07 Å². The third kappa shape index (κ3) is 3.43. The van der Waals surface area contributed by atoms with E-state index in [-0.39, 0.29) is 11.5 Å².